The SMILES string of the molecule is CN(C(=O)C=CCCO)C(OC(C1CO1)N(C)C(=O)C=CCCO)C1CO1. The molecule has 0 aromatic heterocycles. The second-order valence-electron chi connectivity index (χ2n) is 6.39. The first-order chi connectivity index (χ1) is 13.0. The molecule has 0 aromatic carbocycles. The molecular weight excluding hydrogens is 356 g/mol. The number of amides is 2. The van der Waals surface area contributed by atoms with Crippen molar-refractivity contribution in [3.63, 3.8) is 0 Å². The molecule has 0 radical (unpaired) electrons. The highest BCUT2D eigenvalue weighted by Gasteiger charge is 2.45. The largest absolute Gasteiger partial charge is 0.396 e. The van der Waals surface area contributed by atoms with Crippen LogP contribution in [0.1, 0.15) is 12.8 Å². The lowest BCUT2D eigenvalue weighted by Gasteiger charge is -2.33. The predicted molar refractivity (Wildman–Crippen MR) is 95.4 cm³/mol. The zero-order valence-electron chi connectivity index (χ0n) is 15.7. The second-order valence-corrected chi connectivity index (χ2v) is 6.39. The van der Waals surface area contributed by atoms with Crippen LogP contribution in [0.25, 0.3) is 0 Å². The summed E-state index contributed by atoms with van der Waals surface area (Å²) in [4.78, 5) is 27.5. The van der Waals surface area contributed by atoms with E-state index in [1.54, 1.807) is 26.2 Å². The first-order valence-corrected chi connectivity index (χ1v) is 8.96. The van der Waals surface area contributed by atoms with Crippen molar-refractivity contribution in [1.82, 2.24) is 9.80 Å². The van der Waals surface area contributed by atoms with Crippen LogP contribution in [0.15, 0.2) is 24.3 Å². The Balaban J connectivity index is 2.03. The van der Waals surface area contributed by atoms with Crippen molar-refractivity contribution in [2.45, 2.75) is 37.5 Å². The third kappa shape index (κ3) is 6.71. The van der Waals surface area contributed by atoms with Gasteiger partial charge in [-0.1, -0.05) is 12.2 Å². The van der Waals surface area contributed by atoms with Crippen LogP contribution < -0.4 is 0 Å². The fraction of sp³-hybridized carbons (Fsp3) is 0.667. The average Bonchev–Trinajstić information content (AvgIpc) is 3.55. The van der Waals surface area contributed by atoms with Gasteiger partial charge in [0.25, 0.3) is 0 Å². The summed E-state index contributed by atoms with van der Waals surface area (Å²) in [7, 11) is 3.21. The number of epoxide rings is 2. The molecule has 2 heterocycles. The Kier molecular flexibility index (Phi) is 8.39. The highest BCUT2D eigenvalue weighted by atomic mass is 16.6. The van der Waals surface area contributed by atoms with Crippen LogP contribution in [0, 0.1) is 0 Å². The van der Waals surface area contributed by atoms with Crippen molar-refractivity contribution in [2.24, 2.45) is 0 Å². The number of hydrogen-bond acceptors (Lipinski definition) is 7. The van der Waals surface area contributed by atoms with E-state index in [1.807, 2.05) is 0 Å². The van der Waals surface area contributed by atoms with Gasteiger partial charge in [-0.05, 0) is 25.0 Å². The molecule has 4 atom stereocenters. The van der Waals surface area contributed by atoms with Crippen molar-refractivity contribution >= 4 is 11.8 Å². The van der Waals surface area contributed by atoms with Crippen molar-refractivity contribution in [2.75, 3.05) is 40.5 Å². The maximum absolute atomic E-state index is 12.3. The summed E-state index contributed by atoms with van der Waals surface area (Å²) in [5, 5.41) is 17.6. The molecule has 2 saturated heterocycles. The number of aliphatic hydroxyl groups excluding tert-OH is 2. The van der Waals surface area contributed by atoms with Crippen LogP contribution in [0.2, 0.25) is 0 Å². The van der Waals surface area contributed by atoms with E-state index in [1.165, 1.54) is 22.0 Å². The van der Waals surface area contributed by atoms with E-state index in [0.29, 0.717) is 26.1 Å². The minimum atomic E-state index is -0.665. The number of carbonyl (C=O) groups excluding carboxylic acids is 2. The van der Waals surface area contributed by atoms with Gasteiger partial charge in [0.2, 0.25) is 11.8 Å². The predicted octanol–water partition coefficient (Wildman–Crippen LogP) is -0.753. The van der Waals surface area contributed by atoms with Crippen LogP contribution in [0.5, 0.6) is 0 Å². The van der Waals surface area contributed by atoms with E-state index >= 15 is 0 Å². The fourth-order valence-electron chi connectivity index (χ4n) is 2.44. The minimum absolute atomic E-state index is 0.0308. The zero-order valence-corrected chi connectivity index (χ0v) is 15.7. The van der Waals surface area contributed by atoms with Gasteiger partial charge in [-0.15, -0.1) is 0 Å². The Morgan fingerprint density at radius 3 is 1.63 bits per heavy atom. The summed E-state index contributed by atoms with van der Waals surface area (Å²) in [6.07, 6.45) is 4.86. The Bertz CT molecular complexity index is 510. The molecule has 2 rings (SSSR count). The number of hydrogen-bond donors (Lipinski definition) is 2. The smallest absolute Gasteiger partial charge is 0.248 e. The molecule has 2 aliphatic heterocycles. The summed E-state index contributed by atoms with van der Waals surface area (Å²) in [5.74, 6) is -0.563. The molecule has 0 saturated carbocycles. The third-order valence-electron chi connectivity index (χ3n) is 4.20. The van der Waals surface area contributed by atoms with Crippen LogP contribution in [-0.2, 0) is 23.8 Å². The molecule has 9 heteroatoms. The second kappa shape index (κ2) is 10.5. The molecule has 2 aliphatic rings. The van der Waals surface area contributed by atoms with E-state index in [4.69, 9.17) is 24.4 Å². The Morgan fingerprint density at radius 2 is 1.33 bits per heavy atom. The molecule has 2 fully saturated rings. The van der Waals surface area contributed by atoms with Crippen LogP contribution in [0.4, 0.5) is 0 Å². The molecule has 0 bridgehead atoms. The lowest BCUT2D eigenvalue weighted by molar-refractivity contribution is -0.174. The molecule has 2 amide bonds. The summed E-state index contributed by atoms with van der Waals surface area (Å²) in [5.41, 5.74) is 0. The summed E-state index contributed by atoms with van der Waals surface area (Å²) in [6, 6.07) is 0. The number of rotatable bonds is 12. The van der Waals surface area contributed by atoms with Crippen molar-refractivity contribution < 1.29 is 34.0 Å². The summed E-state index contributed by atoms with van der Waals surface area (Å²) in [6.45, 7) is 0.873. The number of nitrogens with zero attached hydrogens (tertiary/aromatic N) is 2. The quantitative estimate of drug-likeness (QED) is 0.258. The summed E-state index contributed by atoms with van der Waals surface area (Å²) < 4.78 is 16.7. The number of aliphatic hydroxyl groups is 2. The molecule has 4 unspecified atom stereocenters. The van der Waals surface area contributed by atoms with E-state index in [9.17, 15) is 9.59 Å². The Labute approximate surface area is 158 Å². The van der Waals surface area contributed by atoms with Gasteiger partial charge in [-0.2, -0.15) is 0 Å². The van der Waals surface area contributed by atoms with Gasteiger partial charge >= 0.3 is 0 Å². The molecule has 0 aromatic rings. The normalized spacial score (nSPS) is 23.4. The van der Waals surface area contributed by atoms with Gasteiger partial charge in [0, 0.05) is 27.3 Å². The maximum atomic E-state index is 12.3. The Morgan fingerprint density at radius 1 is 0.963 bits per heavy atom. The lowest BCUT2D eigenvalue weighted by atomic mass is 10.3. The molecule has 0 aliphatic carbocycles. The maximum Gasteiger partial charge on any atom is 0.248 e. The molecule has 152 valence electrons. The monoisotopic (exact) mass is 384 g/mol. The molecule has 27 heavy (non-hydrogen) atoms. The number of likely N-dealkylation sites (N-methyl/N-ethyl adjacent to an activating group) is 2. The minimum Gasteiger partial charge on any atom is -0.396 e. The Hall–Kier alpha value is -1.78. The lowest BCUT2D eigenvalue weighted by Crippen LogP contribution is -2.50. The highest BCUT2D eigenvalue weighted by Crippen LogP contribution is 2.27. The highest BCUT2D eigenvalue weighted by molar-refractivity contribution is 5.88. The molecule has 2 N–H and O–H groups in total. The third-order valence-corrected chi connectivity index (χ3v) is 4.20. The van der Waals surface area contributed by atoms with Crippen LogP contribution in [0.3, 0.4) is 0 Å². The number of carbonyl (C=O) groups is 2. The van der Waals surface area contributed by atoms with E-state index in [2.05, 4.69) is 0 Å². The van der Waals surface area contributed by atoms with Crippen molar-refractivity contribution in [3.8, 4) is 0 Å². The zero-order chi connectivity index (χ0) is 19.8. The van der Waals surface area contributed by atoms with E-state index in [-0.39, 0.29) is 37.2 Å². The van der Waals surface area contributed by atoms with Gasteiger partial charge in [0.15, 0.2) is 12.5 Å². The first kappa shape index (κ1) is 21.5. The molecular formula is C18H28N2O7. The molecule has 0 spiro atoms. The van der Waals surface area contributed by atoms with Crippen molar-refractivity contribution in [1.29, 1.82) is 0 Å². The van der Waals surface area contributed by atoms with Gasteiger partial charge in [0.1, 0.15) is 12.2 Å². The van der Waals surface area contributed by atoms with Gasteiger partial charge < -0.3 is 34.2 Å². The topological polar surface area (TPSA) is 115 Å². The number of ether oxygens (including phenoxy) is 3. The van der Waals surface area contributed by atoms with Crippen molar-refractivity contribution in [3.05, 3.63) is 24.3 Å². The van der Waals surface area contributed by atoms with Crippen LogP contribution >= 0.6 is 0 Å². The standard InChI is InChI=1S/C18H28N2O7/c1-19(15(23)7-3-5-9-21)17(13-11-25-13)27-18(14-12-26-14)20(2)16(24)8-4-6-10-22/h3-4,7-8,13-14,17-18,21-22H,5-6,9-12H2,1-2H3. The molecule has 9 nitrogen and oxygen atoms in total. The van der Waals surface area contributed by atoms with Gasteiger partial charge in [-0.3, -0.25) is 9.59 Å². The summed E-state index contributed by atoms with van der Waals surface area (Å²) >= 11 is 0. The van der Waals surface area contributed by atoms with Gasteiger partial charge in [-0.25, -0.2) is 0 Å². The first-order valence-electron chi connectivity index (χ1n) is 8.96. The fourth-order valence-corrected chi connectivity index (χ4v) is 2.44. The van der Waals surface area contributed by atoms with Crippen LogP contribution in [-0.4, -0.2) is 97.0 Å². The van der Waals surface area contributed by atoms with E-state index in [0.717, 1.165) is 0 Å². The average molecular weight is 384 g/mol. The van der Waals surface area contributed by atoms with E-state index < -0.39 is 12.5 Å². The van der Waals surface area contributed by atoms with Gasteiger partial charge in [0.05, 0.1) is 13.2 Å².